The molecule has 0 N–H and O–H groups in total. The molecule has 23 heavy (non-hydrogen) atoms. The van der Waals surface area contributed by atoms with Crippen LogP contribution in [0.5, 0.6) is 5.75 Å². The molecule has 0 fully saturated rings. The molecule has 6 nitrogen and oxygen atoms in total. The number of rotatable bonds is 3. The molecule has 7 heteroatoms. The first-order chi connectivity index (χ1) is 11.0. The van der Waals surface area contributed by atoms with E-state index in [-0.39, 0.29) is 10.6 Å². The van der Waals surface area contributed by atoms with E-state index in [1.165, 1.54) is 12.3 Å². The zero-order valence-electron chi connectivity index (χ0n) is 11.6. The van der Waals surface area contributed by atoms with Crippen LogP contribution in [0.25, 0.3) is 10.9 Å². The molecule has 0 unspecified atom stereocenters. The Bertz CT molecular complexity index is 941. The zero-order valence-corrected chi connectivity index (χ0v) is 12.4. The second kappa shape index (κ2) is 6.02. The van der Waals surface area contributed by atoms with Crippen molar-refractivity contribution in [3.8, 4) is 5.75 Å². The van der Waals surface area contributed by atoms with Crippen molar-refractivity contribution in [2.45, 2.75) is 0 Å². The molecule has 0 atom stereocenters. The summed E-state index contributed by atoms with van der Waals surface area (Å²) in [4.78, 5) is 18.5. The van der Waals surface area contributed by atoms with E-state index in [4.69, 9.17) is 11.6 Å². The Morgan fingerprint density at radius 2 is 2.04 bits per heavy atom. The average molecular weight is 327 g/mol. The molecular formula is C16H9ClN3O3-. The van der Waals surface area contributed by atoms with Crippen LogP contribution in [0, 0.1) is 10.1 Å². The molecule has 1 aromatic heterocycles. The molecule has 0 bridgehead atoms. The van der Waals surface area contributed by atoms with Crippen LogP contribution in [0.2, 0.25) is 5.02 Å². The van der Waals surface area contributed by atoms with Crippen molar-refractivity contribution < 1.29 is 10.0 Å². The summed E-state index contributed by atoms with van der Waals surface area (Å²) in [5, 5.41) is 23.9. The Morgan fingerprint density at radius 1 is 1.22 bits per heavy atom. The van der Waals surface area contributed by atoms with E-state index in [0.717, 1.165) is 17.0 Å². The van der Waals surface area contributed by atoms with Gasteiger partial charge in [0, 0.05) is 28.9 Å². The maximum absolute atomic E-state index is 12.0. The highest BCUT2D eigenvalue weighted by Gasteiger charge is 2.11. The number of hydrogen-bond acceptors (Lipinski definition) is 5. The summed E-state index contributed by atoms with van der Waals surface area (Å²) in [6, 6.07) is 11.4. The molecule has 3 aromatic rings. The van der Waals surface area contributed by atoms with Crippen molar-refractivity contribution in [3.63, 3.8) is 0 Å². The lowest BCUT2D eigenvalue weighted by Crippen LogP contribution is -2.02. The summed E-state index contributed by atoms with van der Waals surface area (Å²) in [7, 11) is 0. The summed E-state index contributed by atoms with van der Waals surface area (Å²) >= 11 is 5.81. The highest BCUT2D eigenvalue weighted by Crippen LogP contribution is 2.30. The maximum Gasteiger partial charge on any atom is 0.263 e. The fourth-order valence-corrected chi connectivity index (χ4v) is 2.34. The number of nitro benzene ring substituents is 1. The number of aliphatic imine (C=N–C) groups is 1. The quantitative estimate of drug-likeness (QED) is 0.417. The predicted octanol–water partition coefficient (Wildman–Crippen LogP) is 3.62. The van der Waals surface area contributed by atoms with Gasteiger partial charge < -0.3 is 5.11 Å². The molecule has 0 spiro atoms. The number of benzene rings is 2. The van der Waals surface area contributed by atoms with Gasteiger partial charge in [-0.1, -0.05) is 17.7 Å². The molecule has 0 saturated carbocycles. The first-order valence-corrected chi connectivity index (χ1v) is 6.96. The molecule has 1 heterocycles. The van der Waals surface area contributed by atoms with Crippen molar-refractivity contribution >= 4 is 40.1 Å². The number of hydrogen-bond donors (Lipinski definition) is 0. The molecule has 0 aliphatic carbocycles. The molecule has 114 valence electrons. The van der Waals surface area contributed by atoms with Gasteiger partial charge in [0.25, 0.3) is 5.69 Å². The fourth-order valence-electron chi connectivity index (χ4n) is 2.12. The Balaban J connectivity index is 2.00. The molecule has 3 rings (SSSR count). The van der Waals surface area contributed by atoms with Crippen molar-refractivity contribution in [2.75, 3.05) is 0 Å². The number of fused-ring (bicyclic) bond motifs is 1. The Hall–Kier alpha value is -2.99. The fraction of sp³-hybridized carbons (Fsp3) is 0. The van der Waals surface area contributed by atoms with Crippen LogP contribution in [-0.4, -0.2) is 16.1 Å². The predicted molar refractivity (Wildman–Crippen MR) is 86.5 cm³/mol. The normalized spacial score (nSPS) is 11.2. The van der Waals surface area contributed by atoms with Crippen molar-refractivity contribution in [2.24, 2.45) is 4.99 Å². The van der Waals surface area contributed by atoms with E-state index in [0.29, 0.717) is 5.69 Å². The van der Waals surface area contributed by atoms with Crippen LogP contribution in [0.4, 0.5) is 11.4 Å². The lowest BCUT2D eigenvalue weighted by molar-refractivity contribution is -0.398. The van der Waals surface area contributed by atoms with E-state index >= 15 is 0 Å². The number of nitro groups is 1. The average Bonchev–Trinajstić information content (AvgIpc) is 2.55. The third-order valence-electron chi connectivity index (χ3n) is 3.20. The van der Waals surface area contributed by atoms with Gasteiger partial charge in [-0.15, -0.1) is 0 Å². The van der Waals surface area contributed by atoms with Crippen LogP contribution in [0.1, 0.15) is 5.56 Å². The lowest BCUT2D eigenvalue weighted by Gasteiger charge is -2.10. The van der Waals surface area contributed by atoms with Gasteiger partial charge in [-0.05, 0) is 41.6 Å². The molecule has 0 aliphatic heterocycles. The number of nitrogens with zero attached hydrogens (tertiary/aromatic N) is 3. The van der Waals surface area contributed by atoms with Crippen LogP contribution < -0.4 is 5.11 Å². The Kier molecular flexibility index (Phi) is 3.91. The van der Waals surface area contributed by atoms with Gasteiger partial charge in [0.15, 0.2) is 0 Å². The van der Waals surface area contributed by atoms with Crippen molar-refractivity contribution in [1.82, 2.24) is 4.98 Å². The summed E-state index contributed by atoms with van der Waals surface area (Å²) in [5.41, 5.74) is 0.930. The van der Waals surface area contributed by atoms with E-state index in [9.17, 15) is 15.2 Å². The lowest BCUT2D eigenvalue weighted by atomic mass is 10.2. The Morgan fingerprint density at radius 3 is 2.83 bits per heavy atom. The number of pyridine rings is 1. The zero-order chi connectivity index (χ0) is 16.4. The van der Waals surface area contributed by atoms with E-state index in [1.54, 1.807) is 18.3 Å². The van der Waals surface area contributed by atoms with Gasteiger partial charge in [0.1, 0.15) is 0 Å². The van der Waals surface area contributed by atoms with Gasteiger partial charge in [0.2, 0.25) is 0 Å². The van der Waals surface area contributed by atoms with Gasteiger partial charge in [-0.25, -0.2) is 0 Å². The van der Waals surface area contributed by atoms with E-state index in [2.05, 4.69) is 9.98 Å². The van der Waals surface area contributed by atoms with E-state index in [1.807, 2.05) is 18.2 Å². The summed E-state index contributed by atoms with van der Waals surface area (Å²) in [6.07, 6.45) is 2.97. The van der Waals surface area contributed by atoms with Gasteiger partial charge in [0.05, 0.1) is 16.1 Å². The van der Waals surface area contributed by atoms with Gasteiger partial charge in [-0.2, -0.15) is 0 Å². The molecule has 0 radical (unpaired) electrons. The topological polar surface area (TPSA) is 91.5 Å². The highest BCUT2D eigenvalue weighted by atomic mass is 35.5. The standard InChI is InChI=1S/C16H10ClN3O3/c17-12-6-11(16(21)15(8-12)20(22)23)9-19-13-3-4-14-10(7-13)2-1-5-18-14/h1-9,21H/p-1. The van der Waals surface area contributed by atoms with E-state index < -0.39 is 16.4 Å². The van der Waals surface area contributed by atoms with Crippen LogP contribution in [0.15, 0.2) is 53.7 Å². The van der Waals surface area contributed by atoms with Crippen LogP contribution in [-0.2, 0) is 0 Å². The third kappa shape index (κ3) is 3.12. The second-order valence-corrected chi connectivity index (χ2v) is 5.18. The molecular weight excluding hydrogens is 318 g/mol. The SMILES string of the molecule is O=[N+]([O-])c1cc(Cl)cc(C=Nc2ccc3ncccc3c2)c1[O-]. The maximum atomic E-state index is 12.0. The second-order valence-electron chi connectivity index (χ2n) is 4.74. The van der Waals surface area contributed by atoms with Crippen molar-refractivity contribution in [3.05, 3.63) is 69.4 Å². The Labute approximate surface area is 135 Å². The monoisotopic (exact) mass is 326 g/mol. The van der Waals surface area contributed by atoms with Crippen LogP contribution >= 0.6 is 11.6 Å². The van der Waals surface area contributed by atoms with Crippen molar-refractivity contribution in [1.29, 1.82) is 0 Å². The third-order valence-corrected chi connectivity index (χ3v) is 3.42. The highest BCUT2D eigenvalue weighted by molar-refractivity contribution is 6.31. The summed E-state index contributed by atoms with van der Waals surface area (Å²) in [5.74, 6) is -0.717. The summed E-state index contributed by atoms with van der Waals surface area (Å²) < 4.78 is 0. The minimum atomic E-state index is -0.757. The summed E-state index contributed by atoms with van der Waals surface area (Å²) in [6.45, 7) is 0. The van der Waals surface area contributed by atoms with Gasteiger partial charge >= 0.3 is 0 Å². The first-order valence-electron chi connectivity index (χ1n) is 6.58. The number of aromatic nitrogens is 1. The van der Waals surface area contributed by atoms with Gasteiger partial charge in [-0.3, -0.25) is 20.1 Å². The minimum Gasteiger partial charge on any atom is -0.867 e. The molecule has 2 aromatic carbocycles. The molecule has 0 saturated heterocycles. The molecule has 0 amide bonds. The smallest absolute Gasteiger partial charge is 0.263 e. The largest absolute Gasteiger partial charge is 0.867 e. The van der Waals surface area contributed by atoms with Crippen LogP contribution in [0.3, 0.4) is 0 Å². The first kappa shape index (κ1) is 14.9. The number of halogens is 1. The minimum absolute atomic E-state index is 0.0653. The molecule has 0 aliphatic rings.